The number of furan rings is 1. The fourth-order valence-electron chi connectivity index (χ4n) is 2.14. The van der Waals surface area contributed by atoms with E-state index in [1.54, 1.807) is 12.1 Å². The normalized spacial score (nSPS) is 10.7. The Morgan fingerprint density at radius 1 is 1.10 bits per heavy atom. The summed E-state index contributed by atoms with van der Waals surface area (Å²) in [5.74, 6) is 0.265. The second-order valence-electron chi connectivity index (χ2n) is 4.76. The van der Waals surface area contributed by atoms with Gasteiger partial charge < -0.3 is 14.3 Å². The predicted molar refractivity (Wildman–Crippen MR) is 78.3 cm³/mol. The van der Waals surface area contributed by atoms with E-state index in [9.17, 15) is 4.79 Å². The van der Waals surface area contributed by atoms with Gasteiger partial charge in [-0.15, -0.1) is 0 Å². The van der Waals surface area contributed by atoms with Crippen LogP contribution >= 0.6 is 0 Å². The van der Waals surface area contributed by atoms with Crippen LogP contribution in [-0.4, -0.2) is 11.1 Å². The topological polar surface area (TPSA) is 59.7 Å². The number of aliphatic carboxylic acids is 1. The monoisotopic (exact) mass is 282 g/mol. The van der Waals surface area contributed by atoms with E-state index in [1.807, 2.05) is 42.5 Å². The average Bonchev–Trinajstić information content (AvgIpc) is 2.86. The summed E-state index contributed by atoms with van der Waals surface area (Å²) in [7, 11) is 0. The van der Waals surface area contributed by atoms with Gasteiger partial charge in [-0.3, -0.25) is 4.79 Å². The molecule has 106 valence electrons. The molecule has 4 heteroatoms. The first-order valence-electron chi connectivity index (χ1n) is 6.62. The summed E-state index contributed by atoms with van der Waals surface area (Å²) in [6.45, 7) is 0.492. The van der Waals surface area contributed by atoms with E-state index in [0.717, 1.165) is 16.7 Å². The fourth-order valence-corrected chi connectivity index (χ4v) is 2.14. The summed E-state index contributed by atoms with van der Waals surface area (Å²) in [6.07, 6.45) is -0.116. The molecule has 4 nitrogen and oxygen atoms in total. The summed E-state index contributed by atoms with van der Waals surface area (Å²) in [4.78, 5) is 10.7. The van der Waals surface area contributed by atoms with Gasteiger partial charge in [0.1, 0.15) is 30.1 Å². The second kappa shape index (κ2) is 5.71. The molecule has 0 amide bonds. The van der Waals surface area contributed by atoms with Gasteiger partial charge in [-0.2, -0.15) is 0 Å². The minimum Gasteiger partial charge on any atom is -0.489 e. The van der Waals surface area contributed by atoms with E-state index in [-0.39, 0.29) is 6.42 Å². The van der Waals surface area contributed by atoms with Crippen LogP contribution in [0.3, 0.4) is 0 Å². The van der Waals surface area contributed by atoms with E-state index >= 15 is 0 Å². The molecule has 1 heterocycles. The molecule has 0 saturated heterocycles. The Kier molecular flexibility index (Phi) is 3.60. The smallest absolute Gasteiger partial charge is 0.311 e. The maximum Gasteiger partial charge on any atom is 0.311 e. The summed E-state index contributed by atoms with van der Waals surface area (Å²) < 4.78 is 11.2. The van der Waals surface area contributed by atoms with Gasteiger partial charge in [0.25, 0.3) is 0 Å². The van der Waals surface area contributed by atoms with Crippen molar-refractivity contribution in [1.82, 2.24) is 0 Å². The number of carboxylic acid groups (broad SMARTS) is 1. The van der Waals surface area contributed by atoms with Crippen molar-refractivity contribution in [3.05, 3.63) is 65.9 Å². The number of benzene rings is 2. The first-order valence-corrected chi connectivity index (χ1v) is 6.62. The molecule has 0 radical (unpaired) electrons. The molecule has 0 atom stereocenters. The molecule has 0 aliphatic rings. The third-order valence-electron chi connectivity index (χ3n) is 3.11. The highest BCUT2D eigenvalue weighted by Gasteiger charge is 2.08. The van der Waals surface area contributed by atoms with Crippen molar-refractivity contribution in [3.63, 3.8) is 0 Å². The van der Waals surface area contributed by atoms with Gasteiger partial charge in [0, 0.05) is 5.39 Å². The number of hydrogen-bond donors (Lipinski definition) is 1. The number of carboxylic acids is 1. The molecule has 1 N–H and O–H groups in total. The van der Waals surface area contributed by atoms with Crippen LogP contribution in [0.15, 0.2) is 59.0 Å². The molecule has 0 fully saturated rings. The number of rotatable bonds is 5. The number of carbonyl (C=O) groups is 1. The predicted octanol–water partition coefficient (Wildman–Crippen LogP) is 3.64. The van der Waals surface area contributed by atoms with Crippen LogP contribution in [0.25, 0.3) is 11.0 Å². The summed E-state index contributed by atoms with van der Waals surface area (Å²) in [5, 5.41) is 9.62. The third kappa shape index (κ3) is 3.23. The molecule has 0 saturated carbocycles. The molecule has 3 aromatic rings. The molecule has 21 heavy (non-hydrogen) atoms. The largest absolute Gasteiger partial charge is 0.489 e. The molecule has 2 aromatic carbocycles. The van der Waals surface area contributed by atoms with Gasteiger partial charge in [-0.25, -0.2) is 0 Å². The number of hydrogen-bond acceptors (Lipinski definition) is 3. The fraction of sp³-hybridized carbons (Fsp3) is 0.118. The molecule has 3 rings (SSSR count). The minimum atomic E-state index is -0.908. The lowest BCUT2D eigenvalue weighted by Gasteiger charge is -2.05. The van der Waals surface area contributed by atoms with Gasteiger partial charge in [-0.05, 0) is 29.8 Å². The SMILES string of the molecule is O=C(O)Cc1cc2cc(OCc3ccccc3)ccc2o1. The molecule has 0 spiro atoms. The van der Waals surface area contributed by atoms with Crippen molar-refractivity contribution in [2.75, 3.05) is 0 Å². The van der Waals surface area contributed by atoms with Crippen molar-refractivity contribution in [2.24, 2.45) is 0 Å². The van der Waals surface area contributed by atoms with Crippen molar-refractivity contribution < 1.29 is 19.1 Å². The summed E-state index contributed by atoms with van der Waals surface area (Å²) in [6, 6.07) is 17.1. The van der Waals surface area contributed by atoms with Crippen molar-refractivity contribution in [1.29, 1.82) is 0 Å². The molecule has 0 aliphatic heterocycles. The Morgan fingerprint density at radius 3 is 2.67 bits per heavy atom. The molecular formula is C17H14O4. The third-order valence-corrected chi connectivity index (χ3v) is 3.11. The average molecular weight is 282 g/mol. The van der Waals surface area contributed by atoms with Gasteiger partial charge >= 0.3 is 5.97 Å². The zero-order valence-corrected chi connectivity index (χ0v) is 11.3. The molecule has 1 aromatic heterocycles. The highest BCUT2D eigenvalue weighted by atomic mass is 16.5. The lowest BCUT2D eigenvalue weighted by molar-refractivity contribution is -0.136. The van der Waals surface area contributed by atoms with E-state index in [0.29, 0.717) is 18.0 Å². The zero-order valence-electron chi connectivity index (χ0n) is 11.3. The van der Waals surface area contributed by atoms with E-state index in [2.05, 4.69) is 0 Å². The van der Waals surface area contributed by atoms with Crippen LogP contribution in [0.2, 0.25) is 0 Å². The maximum absolute atomic E-state index is 10.7. The Balaban J connectivity index is 1.76. The molecule has 0 bridgehead atoms. The van der Waals surface area contributed by atoms with Gasteiger partial charge in [0.15, 0.2) is 0 Å². The standard InChI is InChI=1S/C17H14O4/c18-17(19)10-15-9-13-8-14(6-7-16(13)21-15)20-11-12-4-2-1-3-5-12/h1-9H,10-11H2,(H,18,19). The van der Waals surface area contributed by atoms with Gasteiger partial charge in [0.2, 0.25) is 0 Å². The highest BCUT2D eigenvalue weighted by Crippen LogP contribution is 2.25. The Hall–Kier alpha value is -2.75. The molecule has 0 aliphatic carbocycles. The summed E-state index contributed by atoms with van der Waals surface area (Å²) in [5.41, 5.74) is 1.76. The minimum absolute atomic E-state index is 0.116. The van der Waals surface area contributed by atoms with E-state index in [1.165, 1.54) is 0 Å². The maximum atomic E-state index is 10.7. The highest BCUT2D eigenvalue weighted by molar-refractivity contribution is 5.81. The lowest BCUT2D eigenvalue weighted by Crippen LogP contribution is -1.97. The van der Waals surface area contributed by atoms with Crippen LogP contribution in [0.4, 0.5) is 0 Å². The Labute approximate surface area is 121 Å². The van der Waals surface area contributed by atoms with Crippen LogP contribution < -0.4 is 4.74 Å². The van der Waals surface area contributed by atoms with Crippen molar-refractivity contribution in [3.8, 4) is 5.75 Å². The summed E-state index contributed by atoms with van der Waals surface area (Å²) >= 11 is 0. The van der Waals surface area contributed by atoms with Crippen molar-refractivity contribution >= 4 is 16.9 Å². The zero-order chi connectivity index (χ0) is 14.7. The van der Waals surface area contributed by atoms with E-state index < -0.39 is 5.97 Å². The molecular weight excluding hydrogens is 268 g/mol. The van der Waals surface area contributed by atoms with Crippen molar-refractivity contribution in [2.45, 2.75) is 13.0 Å². The number of ether oxygens (including phenoxy) is 1. The second-order valence-corrected chi connectivity index (χ2v) is 4.76. The molecule has 0 unspecified atom stereocenters. The Morgan fingerprint density at radius 2 is 1.90 bits per heavy atom. The van der Waals surface area contributed by atoms with Crippen LogP contribution in [0.5, 0.6) is 5.75 Å². The first kappa shape index (κ1) is 13.2. The van der Waals surface area contributed by atoms with E-state index in [4.69, 9.17) is 14.3 Å². The van der Waals surface area contributed by atoms with Gasteiger partial charge in [-0.1, -0.05) is 30.3 Å². The lowest BCUT2D eigenvalue weighted by atomic mass is 10.2. The Bertz CT molecular complexity index is 759. The van der Waals surface area contributed by atoms with Crippen LogP contribution in [0, 0.1) is 0 Å². The first-order chi connectivity index (χ1) is 10.2. The van der Waals surface area contributed by atoms with Crippen LogP contribution in [0.1, 0.15) is 11.3 Å². The van der Waals surface area contributed by atoms with Crippen LogP contribution in [-0.2, 0) is 17.8 Å². The van der Waals surface area contributed by atoms with Gasteiger partial charge in [0.05, 0.1) is 0 Å². The number of fused-ring (bicyclic) bond motifs is 1. The quantitative estimate of drug-likeness (QED) is 0.776.